The fourth-order valence-electron chi connectivity index (χ4n) is 2.83. The van der Waals surface area contributed by atoms with Gasteiger partial charge in [-0.1, -0.05) is 45.9 Å². The normalized spacial score (nSPS) is 19.4. The number of nitrogens with zero attached hydrogens (tertiary/aromatic N) is 1. The number of fused-ring (bicyclic) bond motifs is 1. The highest BCUT2D eigenvalue weighted by atomic mass is 15.2. The van der Waals surface area contributed by atoms with Gasteiger partial charge in [0.25, 0.3) is 0 Å². The highest BCUT2D eigenvalue weighted by molar-refractivity contribution is 5.42. The zero-order valence-electron chi connectivity index (χ0n) is 12.1. The van der Waals surface area contributed by atoms with Gasteiger partial charge in [0.2, 0.25) is 0 Å². The van der Waals surface area contributed by atoms with Crippen molar-refractivity contribution in [2.75, 3.05) is 6.54 Å². The van der Waals surface area contributed by atoms with Crippen LogP contribution in [0.3, 0.4) is 0 Å². The van der Waals surface area contributed by atoms with Crippen LogP contribution in [0, 0.1) is 0 Å². The van der Waals surface area contributed by atoms with Gasteiger partial charge in [-0.15, -0.1) is 0 Å². The summed E-state index contributed by atoms with van der Waals surface area (Å²) in [6.45, 7) is 16.0. The van der Waals surface area contributed by atoms with Gasteiger partial charge in [0.15, 0.2) is 0 Å². The van der Waals surface area contributed by atoms with Crippen LogP contribution in [-0.2, 0) is 17.5 Å². The second-order valence-corrected chi connectivity index (χ2v) is 6.70. The van der Waals surface area contributed by atoms with Crippen LogP contribution in [0.15, 0.2) is 18.2 Å². The van der Waals surface area contributed by atoms with Gasteiger partial charge >= 0.3 is 0 Å². The summed E-state index contributed by atoms with van der Waals surface area (Å²) in [7, 11) is 0. The number of hydrogen-bond acceptors (Lipinski definition) is 1. The van der Waals surface area contributed by atoms with Gasteiger partial charge in [-0.3, -0.25) is 4.90 Å². The molecule has 1 aromatic carbocycles. The van der Waals surface area contributed by atoms with Crippen molar-refractivity contribution in [1.29, 1.82) is 0 Å². The molecule has 94 valence electrons. The number of rotatable bonds is 1. The molecule has 0 aromatic heterocycles. The summed E-state index contributed by atoms with van der Waals surface area (Å²) in [6, 6.07) is 7.05. The maximum atomic E-state index is 2.55. The summed E-state index contributed by atoms with van der Waals surface area (Å²) in [5.41, 5.74) is 4.90. The summed E-state index contributed by atoms with van der Waals surface area (Å²) in [5, 5.41) is 0. The van der Waals surface area contributed by atoms with E-state index in [1.807, 2.05) is 0 Å². The van der Waals surface area contributed by atoms with Crippen molar-refractivity contribution in [3.05, 3.63) is 34.9 Å². The van der Waals surface area contributed by atoms with Crippen molar-refractivity contribution in [2.24, 2.45) is 0 Å². The van der Waals surface area contributed by atoms with Crippen molar-refractivity contribution in [1.82, 2.24) is 4.90 Å². The molecule has 0 aliphatic carbocycles. The molecule has 1 aromatic rings. The van der Waals surface area contributed by atoms with E-state index >= 15 is 0 Å². The van der Waals surface area contributed by atoms with Gasteiger partial charge in [-0.05, 0) is 42.5 Å². The van der Waals surface area contributed by atoms with Crippen LogP contribution in [0.1, 0.15) is 58.2 Å². The molecule has 0 saturated heterocycles. The first-order valence-electron chi connectivity index (χ1n) is 6.65. The molecular formula is C16H25N. The van der Waals surface area contributed by atoms with Gasteiger partial charge in [0.05, 0.1) is 0 Å². The van der Waals surface area contributed by atoms with Crippen LogP contribution in [0.4, 0.5) is 0 Å². The molecule has 0 spiro atoms. The average molecular weight is 231 g/mol. The Morgan fingerprint density at radius 2 is 1.88 bits per heavy atom. The van der Waals surface area contributed by atoms with Crippen molar-refractivity contribution < 1.29 is 0 Å². The highest BCUT2D eigenvalue weighted by Crippen LogP contribution is 2.40. The molecule has 2 rings (SSSR count). The van der Waals surface area contributed by atoms with Crippen LogP contribution < -0.4 is 0 Å². The Morgan fingerprint density at radius 3 is 2.41 bits per heavy atom. The Balaban J connectivity index is 2.49. The fourth-order valence-corrected chi connectivity index (χ4v) is 2.83. The van der Waals surface area contributed by atoms with Gasteiger partial charge in [-0.25, -0.2) is 0 Å². The molecule has 0 radical (unpaired) electrons. The lowest BCUT2D eigenvalue weighted by Crippen LogP contribution is -2.35. The van der Waals surface area contributed by atoms with Gasteiger partial charge < -0.3 is 0 Å². The molecule has 0 fully saturated rings. The highest BCUT2D eigenvalue weighted by Gasteiger charge is 2.36. The second kappa shape index (κ2) is 3.84. The van der Waals surface area contributed by atoms with Crippen LogP contribution in [0.5, 0.6) is 0 Å². The average Bonchev–Trinajstić information content (AvgIpc) is 2.48. The third-order valence-corrected chi connectivity index (χ3v) is 4.17. The molecule has 0 unspecified atom stereocenters. The van der Waals surface area contributed by atoms with E-state index in [1.54, 1.807) is 0 Å². The Kier molecular flexibility index (Phi) is 2.86. The molecule has 0 atom stereocenters. The van der Waals surface area contributed by atoms with Crippen LogP contribution in [-0.4, -0.2) is 11.4 Å². The van der Waals surface area contributed by atoms with Crippen molar-refractivity contribution >= 4 is 0 Å². The summed E-state index contributed by atoms with van der Waals surface area (Å²) in [6.07, 6.45) is 0. The van der Waals surface area contributed by atoms with Gasteiger partial charge in [-0.2, -0.15) is 0 Å². The largest absolute Gasteiger partial charge is 0.290 e. The lowest BCUT2D eigenvalue weighted by molar-refractivity contribution is 0.146. The molecule has 17 heavy (non-hydrogen) atoms. The predicted octanol–water partition coefficient (Wildman–Crippen LogP) is 4.05. The van der Waals surface area contributed by atoms with E-state index in [4.69, 9.17) is 0 Å². The molecule has 0 saturated carbocycles. The third kappa shape index (κ3) is 2.01. The molecule has 1 aliphatic heterocycles. The number of hydrogen-bond donors (Lipinski definition) is 0. The molecule has 1 heteroatoms. The number of benzene rings is 1. The van der Waals surface area contributed by atoms with E-state index < -0.39 is 0 Å². The minimum absolute atomic E-state index is 0.186. The molecule has 1 aliphatic rings. The van der Waals surface area contributed by atoms with Crippen LogP contribution in [0.2, 0.25) is 0 Å². The van der Waals surface area contributed by atoms with E-state index in [0.717, 1.165) is 13.1 Å². The Hall–Kier alpha value is -0.820. The quantitative estimate of drug-likeness (QED) is 0.704. The SMILES string of the molecule is CCN1Cc2ccc(C(C)(C)C)cc2C1(C)C. The van der Waals surface area contributed by atoms with E-state index in [-0.39, 0.29) is 11.0 Å². The lowest BCUT2D eigenvalue weighted by atomic mass is 9.83. The van der Waals surface area contributed by atoms with E-state index in [2.05, 4.69) is 64.6 Å². The van der Waals surface area contributed by atoms with Crippen molar-refractivity contribution in [3.63, 3.8) is 0 Å². The van der Waals surface area contributed by atoms with Crippen LogP contribution >= 0.6 is 0 Å². The minimum Gasteiger partial charge on any atom is -0.290 e. The zero-order chi connectivity index (χ0) is 12.8. The fraction of sp³-hybridized carbons (Fsp3) is 0.625. The van der Waals surface area contributed by atoms with Gasteiger partial charge in [0, 0.05) is 12.1 Å². The first kappa shape index (κ1) is 12.6. The Bertz CT molecular complexity index is 424. The van der Waals surface area contributed by atoms with E-state index in [1.165, 1.54) is 16.7 Å². The monoisotopic (exact) mass is 231 g/mol. The van der Waals surface area contributed by atoms with Crippen LogP contribution in [0.25, 0.3) is 0 Å². The summed E-state index contributed by atoms with van der Waals surface area (Å²) < 4.78 is 0. The summed E-state index contributed by atoms with van der Waals surface area (Å²) in [4.78, 5) is 2.55. The molecule has 1 heterocycles. The second-order valence-electron chi connectivity index (χ2n) is 6.70. The minimum atomic E-state index is 0.186. The summed E-state index contributed by atoms with van der Waals surface area (Å²) >= 11 is 0. The van der Waals surface area contributed by atoms with Gasteiger partial charge in [0.1, 0.15) is 0 Å². The first-order valence-corrected chi connectivity index (χ1v) is 6.65. The molecule has 1 nitrogen and oxygen atoms in total. The van der Waals surface area contributed by atoms with E-state index in [0.29, 0.717) is 0 Å². The smallest absolute Gasteiger partial charge is 0.0411 e. The molecular weight excluding hydrogens is 206 g/mol. The Morgan fingerprint density at radius 1 is 1.24 bits per heavy atom. The summed E-state index contributed by atoms with van der Waals surface area (Å²) in [5.74, 6) is 0. The molecule has 0 amide bonds. The maximum absolute atomic E-state index is 2.55. The Labute approximate surface area is 106 Å². The first-order chi connectivity index (χ1) is 7.76. The maximum Gasteiger partial charge on any atom is 0.0411 e. The molecule has 0 N–H and O–H groups in total. The standard InChI is InChI=1S/C16H25N/c1-7-17-11-12-8-9-13(15(2,3)4)10-14(12)16(17,5)6/h8-10H,7,11H2,1-6H3. The molecule has 0 bridgehead atoms. The topological polar surface area (TPSA) is 3.24 Å². The lowest BCUT2D eigenvalue weighted by Gasteiger charge is -2.32. The van der Waals surface area contributed by atoms with E-state index in [9.17, 15) is 0 Å². The predicted molar refractivity (Wildman–Crippen MR) is 74.3 cm³/mol. The van der Waals surface area contributed by atoms with Crippen molar-refractivity contribution in [3.8, 4) is 0 Å². The third-order valence-electron chi connectivity index (χ3n) is 4.17. The van der Waals surface area contributed by atoms with Crippen molar-refractivity contribution in [2.45, 2.75) is 59.0 Å². The zero-order valence-corrected chi connectivity index (χ0v) is 12.1.